The Labute approximate surface area is 128 Å². The van der Waals surface area contributed by atoms with Crippen molar-refractivity contribution in [3.8, 4) is 5.88 Å². The van der Waals surface area contributed by atoms with Gasteiger partial charge in [0, 0.05) is 23.9 Å². The zero-order chi connectivity index (χ0) is 14.8. The molecule has 1 fully saturated rings. The van der Waals surface area contributed by atoms with Crippen molar-refractivity contribution in [3.05, 3.63) is 29.5 Å². The third kappa shape index (κ3) is 3.26. The molecule has 6 heteroatoms. The average molecular weight is 304 g/mol. The van der Waals surface area contributed by atoms with Crippen molar-refractivity contribution in [2.75, 3.05) is 11.1 Å². The van der Waals surface area contributed by atoms with Crippen LogP contribution in [0.5, 0.6) is 5.88 Å². The van der Waals surface area contributed by atoms with E-state index in [2.05, 4.69) is 14.7 Å². The van der Waals surface area contributed by atoms with Crippen molar-refractivity contribution in [2.24, 2.45) is 0 Å². The Balaban J connectivity index is 1.73. The third-order valence-corrected chi connectivity index (χ3v) is 4.21. The predicted molar refractivity (Wildman–Crippen MR) is 85.8 cm³/mol. The van der Waals surface area contributed by atoms with E-state index >= 15 is 0 Å². The minimum Gasteiger partial charge on any atom is -0.475 e. The summed E-state index contributed by atoms with van der Waals surface area (Å²) in [6.45, 7) is 4.67. The summed E-state index contributed by atoms with van der Waals surface area (Å²) in [4.78, 5) is 4.31. The maximum absolute atomic E-state index is 5.97. The van der Waals surface area contributed by atoms with Crippen molar-refractivity contribution >= 4 is 22.4 Å². The molecule has 0 aliphatic heterocycles. The van der Waals surface area contributed by atoms with Gasteiger partial charge in [0.15, 0.2) is 0 Å². The topological polar surface area (TPSA) is 73.1 Å². The van der Waals surface area contributed by atoms with Crippen LogP contribution in [0.4, 0.5) is 10.8 Å². The number of nitrogens with zero attached hydrogens (tertiary/aromatic N) is 2. The number of aromatic nitrogens is 2. The van der Waals surface area contributed by atoms with Crippen LogP contribution >= 0.6 is 11.5 Å². The van der Waals surface area contributed by atoms with E-state index in [1.807, 2.05) is 26.0 Å². The van der Waals surface area contributed by atoms with Gasteiger partial charge in [-0.25, -0.2) is 4.98 Å². The van der Waals surface area contributed by atoms with Crippen LogP contribution in [0.25, 0.3) is 0 Å². The van der Waals surface area contributed by atoms with Gasteiger partial charge in [0.05, 0.1) is 6.10 Å². The molecule has 112 valence electrons. The summed E-state index contributed by atoms with van der Waals surface area (Å²) >= 11 is 1.44. The highest BCUT2D eigenvalue weighted by Crippen LogP contribution is 2.47. The van der Waals surface area contributed by atoms with Gasteiger partial charge in [0.2, 0.25) is 5.88 Å². The Bertz CT molecular complexity index is 622. The maximum atomic E-state index is 5.97. The zero-order valence-electron chi connectivity index (χ0n) is 12.3. The highest BCUT2D eigenvalue weighted by Gasteiger charge is 2.30. The molecule has 2 heterocycles. The first kappa shape index (κ1) is 14.1. The predicted octanol–water partition coefficient (Wildman–Crippen LogP) is 3.40. The smallest absolute Gasteiger partial charge is 0.218 e. The summed E-state index contributed by atoms with van der Waals surface area (Å²) in [6.07, 6.45) is 4.29. The molecule has 1 aliphatic rings. The van der Waals surface area contributed by atoms with Crippen LogP contribution in [0.1, 0.15) is 43.7 Å². The molecule has 3 N–H and O–H groups in total. The number of nitrogens with one attached hydrogen (secondary N) is 1. The molecule has 0 atom stereocenters. The molecular weight excluding hydrogens is 284 g/mol. The van der Waals surface area contributed by atoms with Gasteiger partial charge in [-0.1, -0.05) is 6.07 Å². The highest BCUT2D eigenvalue weighted by molar-refractivity contribution is 7.10. The molecule has 0 unspecified atom stereocenters. The van der Waals surface area contributed by atoms with Crippen molar-refractivity contribution in [3.63, 3.8) is 0 Å². The van der Waals surface area contributed by atoms with Gasteiger partial charge in [-0.15, -0.1) is 0 Å². The van der Waals surface area contributed by atoms with E-state index in [0.717, 1.165) is 10.6 Å². The number of nitrogen functional groups attached to an aromatic ring is 1. The van der Waals surface area contributed by atoms with Crippen LogP contribution in [-0.2, 0) is 6.54 Å². The molecule has 0 spiro atoms. The number of nitrogens with two attached hydrogens (primary N) is 1. The van der Waals surface area contributed by atoms with E-state index in [1.165, 1.54) is 29.9 Å². The minimum atomic E-state index is 0.111. The molecule has 1 aliphatic carbocycles. The van der Waals surface area contributed by atoms with Gasteiger partial charge in [0.25, 0.3) is 0 Å². The summed E-state index contributed by atoms with van der Waals surface area (Å²) in [5, 5.41) is 4.52. The maximum Gasteiger partial charge on any atom is 0.218 e. The normalized spacial score (nSPS) is 14.4. The molecule has 0 saturated heterocycles. The van der Waals surface area contributed by atoms with Gasteiger partial charge < -0.3 is 15.8 Å². The lowest BCUT2D eigenvalue weighted by molar-refractivity contribution is 0.230. The number of ether oxygens (including phenoxy) is 1. The summed E-state index contributed by atoms with van der Waals surface area (Å²) in [6, 6.07) is 3.95. The number of hydrogen-bond donors (Lipinski definition) is 2. The highest BCUT2D eigenvalue weighted by atomic mass is 32.1. The lowest BCUT2D eigenvalue weighted by Gasteiger charge is -2.13. The Hall–Kier alpha value is -1.82. The molecule has 2 aromatic rings. The first-order valence-corrected chi connectivity index (χ1v) is 8.02. The number of hydrogen-bond acceptors (Lipinski definition) is 6. The van der Waals surface area contributed by atoms with Gasteiger partial charge in [-0.2, -0.15) is 4.37 Å². The van der Waals surface area contributed by atoms with Crippen LogP contribution in [0.2, 0.25) is 0 Å². The van der Waals surface area contributed by atoms with E-state index < -0.39 is 0 Å². The fraction of sp³-hybridized carbons (Fsp3) is 0.467. The monoisotopic (exact) mass is 304 g/mol. The minimum absolute atomic E-state index is 0.111. The lowest BCUT2D eigenvalue weighted by Crippen LogP contribution is -2.10. The second-order valence-corrected chi connectivity index (χ2v) is 6.35. The van der Waals surface area contributed by atoms with Gasteiger partial charge in [0.1, 0.15) is 10.8 Å². The molecule has 0 amide bonds. The van der Waals surface area contributed by atoms with Crippen LogP contribution in [0.15, 0.2) is 18.3 Å². The largest absolute Gasteiger partial charge is 0.475 e. The Morgan fingerprint density at radius 2 is 2.29 bits per heavy atom. The molecule has 21 heavy (non-hydrogen) atoms. The Morgan fingerprint density at radius 1 is 1.48 bits per heavy atom. The quantitative estimate of drug-likeness (QED) is 0.855. The molecule has 5 nitrogen and oxygen atoms in total. The van der Waals surface area contributed by atoms with E-state index in [0.29, 0.717) is 24.2 Å². The molecular formula is C15H20N4OS. The zero-order valence-corrected chi connectivity index (χ0v) is 13.1. The number of anilines is 2. The summed E-state index contributed by atoms with van der Waals surface area (Å²) in [5.74, 6) is 1.95. The number of rotatable bonds is 6. The molecule has 0 bridgehead atoms. The SMILES string of the molecule is CC(C)Oc1ncccc1CNc1snc(N)c1C1CC1. The van der Waals surface area contributed by atoms with Gasteiger partial charge in [-0.05, 0) is 50.2 Å². The van der Waals surface area contributed by atoms with Crippen molar-refractivity contribution in [1.29, 1.82) is 0 Å². The average Bonchev–Trinajstić information content (AvgIpc) is 3.21. The molecule has 1 saturated carbocycles. The van der Waals surface area contributed by atoms with Crippen molar-refractivity contribution in [2.45, 2.75) is 45.3 Å². The van der Waals surface area contributed by atoms with Crippen LogP contribution in [0.3, 0.4) is 0 Å². The summed E-state index contributed by atoms with van der Waals surface area (Å²) in [5.41, 5.74) is 8.20. The summed E-state index contributed by atoms with van der Waals surface area (Å²) in [7, 11) is 0. The van der Waals surface area contributed by atoms with Gasteiger partial charge >= 0.3 is 0 Å². The van der Waals surface area contributed by atoms with Crippen LogP contribution in [-0.4, -0.2) is 15.5 Å². The lowest BCUT2D eigenvalue weighted by atomic mass is 10.2. The van der Waals surface area contributed by atoms with Crippen molar-refractivity contribution in [1.82, 2.24) is 9.36 Å². The second-order valence-electron chi connectivity index (χ2n) is 5.57. The first-order valence-electron chi connectivity index (χ1n) is 7.24. The van der Waals surface area contributed by atoms with Crippen LogP contribution < -0.4 is 15.8 Å². The van der Waals surface area contributed by atoms with Crippen molar-refractivity contribution < 1.29 is 4.74 Å². The fourth-order valence-electron chi connectivity index (χ4n) is 2.27. The van der Waals surface area contributed by atoms with E-state index in [1.54, 1.807) is 6.20 Å². The fourth-order valence-corrected chi connectivity index (χ4v) is 3.06. The molecule has 2 aromatic heterocycles. The number of pyridine rings is 1. The van der Waals surface area contributed by atoms with Gasteiger partial charge in [-0.3, -0.25) is 0 Å². The standard InChI is InChI=1S/C15H20N4OS/c1-9(2)20-14-11(4-3-7-17-14)8-18-15-12(10-5-6-10)13(16)19-21-15/h3-4,7,9-10,18H,5-6,8H2,1-2H3,(H2,16,19). The first-order chi connectivity index (χ1) is 10.1. The van der Waals surface area contributed by atoms with E-state index in [-0.39, 0.29) is 6.10 Å². The Kier molecular flexibility index (Phi) is 3.96. The second kappa shape index (κ2) is 5.89. The molecule has 0 radical (unpaired) electrons. The molecule has 0 aromatic carbocycles. The molecule has 3 rings (SSSR count). The summed E-state index contributed by atoms with van der Waals surface area (Å²) < 4.78 is 10.0. The van der Waals surface area contributed by atoms with Crippen LogP contribution in [0, 0.1) is 0 Å². The Morgan fingerprint density at radius 3 is 3.00 bits per heavy atom. The van der Waals surface area contributed by atoms with E-state index in [4.69, 9.17) is 10.5 Å². The third-order valence-electron chi connectivity index (χ3n) is 3.38. The van der Waals surface area contributed by atoms with E-state index in [9.17, 15) is 0 Å².